The topological polar surface area (TPSA) is 0 Å². The van der Waals surface area contributed by atoms with Crippen LogP contribution in [0, 0.1) is 0 Å². The van der Waals surface area contributed by atoms with Crippen molar-refractivity contribution in [2.24, 2.45) is 0 Å². The minimum absolute atomic E-state index is 0.970. The van der Waals surface area contributed by atoms with E-state index >= 15 is 0 Å². The molecule has 0 atom stereocenters. The van der Waals surface area contributed by atoms with Crippen molar-refractivity contribution < 1.29 is 0 Å². The summed E-state index contributed by atoms with van der Waals surface area (Å²) in [6.45, 7) is 25.3. The number of hydrogen-bond acceptors (Lipinski definition) is 0. The van der Waals surface area contributed by atoms with Gasteiger partial charge in [-0.1, -0.05) is 87.1 Å². The van der Waals surface area contributed by atoms with E-state index in [2.05, 4.69) is 76.0 Å². The van der Waals surface area contributed by atoms with E-state index in [0.717, 1.165) is 11.1 Å². The molecule has 0 aromatic carbocycles. The normalized spacial score (nSPS) is 12.4. The molecular formula is C16H32Si2. The van der Waals surface area contributed by atoms with E-state index < -0.39 is 16.1 Å². The Morgan fingerprint density at radius 1 is 0.667 bits per heavy atom. The molecule has 0 unspecified atom stereocenters. The highest BCUT2D eigenvalue weighted by Gasteiger charge is 2.07. The van der Waals surface area contributed by atoms with Gasteiger partial charge in [0.25, 0.3) is 0 Å². The number of hydrogen-bond donors (Lipinski definition) is 0. The van der Waals surface area contributed by atoms with Crippen LogP contribution in [-0.4, -0.2) is 16.1 Å². The minimum Gasteiger partial charge on any atom is -0.0959 e. The molecule has 2 heteroatoms. The van der Waals surface area contributed by atoms with Crippen LogP contribution < -0.4 is 0 Å². The monoisotopic (exact) mass is 280 g/mol. The lowest BCUT2D eigenvalue weighted by Crippen LogP contribution is -2.16. The predicted octanol–water partition coefficient (Wildman–Crippen LogP) is 5.99. The summed E-state index contributed by atoms with van der Waals surface area (Å²) in [5.74, 6) is 0. The fourth-order valence-electron chi connectivity index (χ4n) is 0.688. The first-order valence-electron chi connectivity index (χ1n) is 6.53. The van der Waals surface area contributed by atoms with Gasteiger partial charge in [0.05, 0.1) is 16.1 Å². The first-order valence-corrected chi connectivity index (χ1v) is 13.7. The molecule has 0 nitrogen and oxygen atoms in total. The van der Waals surface area contributed by atoms with Gasteiger partial charge >= 0.3 is 0 Å². The predicted molar refractivity (Wildman–Crippen MR) is 94.6 cm³/mol. The lowest BCUT2D eigenvalue weighted by molar-refractivity contribution is 1.39. The molecule has 0 aliphatic heterocycles. The van der Waals surface area contributed by atoms with E-state index in [9.17, 15) is 0 Å². The number of allylic oxidation sites excluding steroid dienone is 4. The molecular weight excluding hydrogens is 248 g/mol. The lowest BCUT2D eigenvalue weighted by atomic mass is 10.2. The molecule has 0 aromatic heterocycles. The maximum Gasteiger partial charge on any atom is 0.0686 e. The Balaban J connectivity index is 0. The Hall–Kier alpha value is -0.606. The molecule has 0 saturated carbocycles. The van der Waals surface area contributed by atoms with Crippen LogP contribution in [0.4, 0.5) is 0 Å². The number of rotatable bonds is 4. The van der Waals surface area contributed by atoms with E-state index in [0.29, 0.717) is 0 Å². The van der Waals surface area contributed by atoms with Crippen molar-refractivity contribution in [1.82, 2.24) is 0 Å². The largest absolute Gasteiger partial charge is 0.0959 e. The summed E-state index contributed by atoms with van der Waals surface area (Å²) in [5, 5.41) is 0. The zero-order valence-corrected chi connectivity index (χ0v) is 15.7. The Labute approximate surface area is 117 Å². The molecule has 0 N–H and O–H groups in total. The van der Waals surface area contributed by atoms with Crippen LogP contribution >= 0.6 is 0 Å². The Bertz CT molecular complexity index is 286. The molecule has 0 bridgehead atoms. The van der Waals surface area contributed by atoms with Gasteiger partial charge in [0.1, 0.15) is 0 Å². The third kappa shape index (κ3) is 20.8. The van der Waals surface area contributed by atoms with Gasteiger partial charge in [0.2, 0.25) is 0 Å². The maximum atomic E-state index is 3.66. The van der Waals surface area contributed by atoms with E-state index in [1.165, 1.54) is 0 Å². The second-order valence-electron chi connectivity index (χ2n) is 7.01. The highest BCUT2D eigenvalue weighted by atomic mass is 28.3. The average molecular weight is 281 g/mol. The Morgan fingerprint density at radius 2 is 0.889 bits per heavy atom. The summed E-state index contributed by atoms with van der Waals surface area (Å²) < 4.78 is 0. The SMILES string of the molecule is C=C(C)C(=C)C.C[Si](C)(C)/C=C/C=C/[Si](C)(C)C. The standard InChI is InChI=1S/C10H22Si2.C6H10/c1-11(2,3)9-7-8-10-12(4,5)6;1-5(2)6(3)4/h7-10H,1-6H3;1,3H2,2,4H3/b9-7+,10-8+;. The van der Waals surface area contributed by atoms with Gasteiger partial charge in [-0.25, -0.2) is 0 Å². The summed E-state index contributed by atoms with van der Waals surface area (Å²) in [6, 6.07) is 0. The molecule has 0 aliphatic rings. The van der Waals surface area contributed by atoms with Gasteiger partial charge in [-0.15, -0.1) is 0 Å². The summed E-state index contributed by atoms with van der Waals surface area (Å²) in [5.41, 5.74) is 6.89. The first-order chi connectivity index (χ1) is 7.85. The van der Waals surface area contributed by atoms with Crippen LogP contribution in [0.5, 0.6) is 0 Å². The van der Waals surface area contributed by atoms with Crippen LogP contribution in [0.2, 0.25) is 39.3 Å². The van der Waals surface area contributed by atoms with Crippen molar-refractivity contribution >= 4 is 16.1 Å². The molecule has 0 aromatic rings. The zero-order valence-electron chi connectivity index (χ0n) is 13.7. The van der Waals surface area contributed by atoms with Crippen molar-refractivity contribution in [2.75, 3.05) is 0 Å². The molecule has 0 amide bonds. The van der Waals surface area contributed by atoms with Crippen LogP contribution in [0.25, 0.3) is 0 Å². The van der Waals surface area contributed by atoms with Gasteiger partial charge < -0.3 is 0 Å². The van der Waals surface area contributed by atoms with Crippen molar-refractivity contribution in [2.45, 2.75) is 53.1 Å². The van der Waals surface area contributed by atoms with Gasteiger partial charge in [0.15, 0.2) is 0 Å². The van der Waals surface area contributed by atoms with E-state index in [1.807, 2.05) is 13.8 Å². The third-order valence-electron chi connectivity index (χ3n) is 2.03. The molecule has 104 valence electrons. The molecule has 18 heavy (non-hydrogen) atoms. The van der Waals surface area contributed by atoms with Crippen LogP contribution in [0.15, 0.2) is 47.9 Å². The third-order valence-corrected chi connectivity index (χ3v) is 4.42. The minimum atomic E-state index is -0.970. The molecule has 0 heterocycles. The molecule has 0 spiro atoms. The molecule has 0 rings (SSSR count). The first kappa shape index (κ1) is 19.7. The van der Waals surface area contributed by atoms with Gasteiger partial charge in [-0.3, -0.25) is 0 Å². The lowest BCUT2D eigenvalue weighted by Gasteiger charge is -2.08. The van der Waals surface area contributed by atoms with Crippen molar-refractivity contribution in [1.29, 1.82) is 0 Å². The zero-order chi connectivity index (χ0) is 15.0. The van der Waals surface area contributed by atoms with E-state index in [4.69, 9.17) is 0 Å². The summed E-state index contributed by atoms with van der Waals surface area (Å²) in [7, 11) is -1.94. The quantitative estimate of drug-likeness (QED) is 0.438. The van der Waals surface area contributed by atoms with Crippen LogP contribution in [-0.2, 0) is 0 Å². The fourth-order valence-corrected chi connectivity index (χ4v) is 2.07. The summed E-state index contributed by atoms with van der Waals surface area (Å²) in [4.78, 5) is 0. The maximum absolute atomic E-state index is 3.66. The Kier molecular flexibility index (Phi) is 9.30. The van der Waals surface area contributed by atoms with Crippen molar-refractivity contribution in [3.63, 3.8) is 0 Å². The highest BCUT2D eigenvalue weighted by molar-refractivity contribution is 6.81. The van der Waals surface area contributed by atoms with E-state index in [-0.39, 0.29) is 0 Å². The summed E-state index contributed by atoms with van der Waals surface area (Å²) >= 11 is 0. The molecule has 0 aliphatic carbocycles. The summed E-state index contributed by atoms with van der Waals surface area (Å²) in [6.07, 6.45) is 4.45. The molecule has 0 fully saturated rings. The smallest absolute Gasteiger partial charge is 0.0686 e. The molecule has 0 radical (unpaired) electrons. The second-order valence-corrected chi connectivity index (χ2v) is 17.1. The van der Waals surface area contributed by atoms with Crippen LogP contribution in [0.1, 0.15) is 13.8 Å². The van der Waals surface area contributed by atoms with E-state index in [1.54, 1.807) is 0 Å². The highest BCUT2D eigenvalue weighted by Crippen LogP contribution is 2.04. The van der Waals surface area contributed by atoms with Crippen LogP contribution in [0.3, 0.4) is 0 Å². The molecule has 0 saturated heterocycles. The average Bonchev–Trinajstić information content (AvgIpc) is 2.10. The Morgan fingerprint density at radius 3 is 1.00 bits per heavy atom. The fraction of sp³-hybridized carbons (Fsp3) is 0.500. The van der Waals surface area contributed by atoms with Gasteiger partial charge in [-0.05, 0) is 13.8 Å². The van der Waals surface area contributed by atoms with Crippen molar-refractivity contribution in [3.05, 3.63) is 47.9 Å². The second kappa shape index (κ2) is 8.49. The van der Waals surface area contributed by atoms with Gasteiger partial charge in [0, 0.05) is 0 Å². The van der Waals surface area contributed by atoms with Crippen molar-refractivity contribution in [3.8, 4) is 0 Å². The van der Waals surface area contributed by atoms with Gasteiger partial charge in [-0.2, -0.15) is 0 Å².